The summed E-state index contributed by atoms with van der Waals surface area (Å²) >= 11 is 0. The maximum absolute atomic E-state index is 13.1. The third-order valence-electron chi connectivity index (χ3n) is 4.90. The Morgan fingerprint density at radius 2 is 1.37 bits per heavy atom. The van der Waals surface area contributed by atoms with Gasteiger partial charge in [0, 0.05) is 6.04 Å². The van der Waals surface area contributed by atoms with E-state index < -0.39 is 40.8 Å². The Balaban J connectivity index is 2.37. The molecule has 1 amide bonds. The van der Waals surface area contributed by atoms with E-state index in [0.717, 1.165) is 12.8 Å². The second kappa shape index (κ2) is 7.33. The number of rotatable bonds is 3. The van der Waals surface area contributed by atoms with E-state index in [-0.39, 0.29) is 17.7 Å². The Bertz CT molecular complexity index is 664. The summed E-state index contributed by atoms with van der Waals surface area (Å²) in [5.41, 5.74) is 1.41. The van der Waals surface area contributed by atoms with Crippen LogP contribution in [0.5, 0.6) is 0 Å². The van der Waals surface area contributed by atoms with Crippen LogP contribution in [-0.4, -0.2) is 11.9 Å². The van der Waals surface area contributed by atoms with Crippen molar-refractivity contribution in [2.75, 3.05) is 0 Å². The minimum atomic E-state index is -4.94. The molecule has 27 heavy (non-hydrogen) atoms. The van der Waals surface area contributed by atoms with Crippen LogP contribution in [0.15, 0.2) is 18.2 Å². The molecule has 3 N–H and O–H groups in total. The van der Waals surface area contributed by atoms with Crippen molar-refractivity contribution >= 4 is 5.91 Å². The average Bonchev–Trinajstić information content (AvgIpc) is 2.52. The zero-order chi connectivity index (χ0) is 20.6. The molecule has 9 heteroatoms. The second-order valence-corrected chi connectivity index (χ2v) is 7.46. The van der Waals surface area contributed by atoms with Gasteiger partial charge in [-0.15, -0.1) is 0 Å². The van der Waals surface area contributed by atoms with Gasteiger partial charge in [0.1, 0.15) is 0 Å². The van der Waals surface area contributed by atoms with Crippen molar-refractivity contribution in [3.8, 4) is 0 Å². The summed E-state index contributed by atoms with van der Waals surface area (Å²) in [6.45, 7) is 2.74. The number of carbonyl (C=O) groups is 1. The van der Waals surface area contributed by atoms with Crippen molar-refractivity contribution < 1.29 is 31.1 Å². The molecule has 0 unspecified atom stereocenters. The Morgan fingerprint density at radius 1 is 0.926 bits per heavy atom. The summed E-state index contributed by atoms with van der Waals surface area (Å²) < 4.78 is 78.3. The maximum Gasteiger partial charge on any atom is 0.416 e. The number of carbonyl (C=O) groups excluding carboxylic acids is 1. The topological polar surface area (TPSA) is 55.1 Å². The SMILES string of the molecule is CC(C)(NC(=O)[C@H]1CCCC[C@@H]1N)c1cc(C(F)(F)F)cc(C(F)(F)F)c1. The van der Waals surface area contributed by atoms with E-state index in [9.17, 15) is 31.1 Å². The number of alkyl halides is 6. The van der Waals surface area contributed by atoms with Crippen LogP contribution in [0.3, 0.4) is 0 Å². The standard InChI is InChI=1S/C18H22F6N2O/c1-16(2,26-15(27)13-5-3-4-6-14(13)25)10-7-11(17(19,20)21)9-12(8-10)18(22,23)24/h7-9,13-14H,3-6,25H2,1-2H3,(H,26,27)/t13-,14-/m0/s1. The molecule has 0 radical (unpaired) electrons. The van der Waals surface area contributed by atoms with Gasteiger partial charge in [-0.3, -0.25) is 4.79 Å². The van der Waals surface area contributed by atoms with Crippen LogP contribution < -0.4 is 11.1 Å². The highest BCUT2D eigenvalue weighted by Gasteiger charge is 2.39. The molecule has 152 valence electrons. The lowest BCUT2D eigenvalue weighted by molar-refractivity contribution is -0.143. The Hall–Kier alpha value is -1.77. The fourth-order valence-electron chi connectivity index (χ4n) is 3.27. The third kappa shape index (κ3) is 5.15. The Labute approximate surface area is 153 Å². The highest BCUT2D eigenvalue weighted by atomic mass is 19.4. The number of hydrogen-bond acceptors (Lipinski definition) is 2. The molecule has 1 aromatic carbocycles. The van der Waals surface area contributed by atoms with Crippen molar-refractivity contribution in [3.63, 3.8) is 0 Å². The summed E-state index contributed by atoms with van der Waals surface area (Å²) in [6, 6.07) is 0.965. The lowest BCUT2D eigenvalue weighted by Gasteiger charge is -2.33. The molecule has 1 aliphatic carbocycles. The molecule has 0 spiro atoms. The number of benzene rings is 1. The normalized spacial score (nSPS) is 21.8. The molecule has 0 saturated heterocycles. The molecule has 3 nitrogen and oxygen atoms in total. The zero-order valence-electron chi connectivity index (χ0n) is 15.0. The maximum atomic E-state index is 13.1. The molecule has 0 aliphatic heterocycles. The van der Waals surface area contributed by atoms with E-state index in [2.05, 4.69) is 5.32 Å². The van der Waals surface area contributed by atoms with Gasteiger partial charge in [-0.05, 0) is 50.5 Å². The lowest BCUT2D eigenvalue weighted by atomic mass is 9.83. The van der Waals surface area contributed by atoms with Crippen molar-refractivity contribution in [1.82, 2.24) is 5.32 Å². The van der Waals surface area contributed by atoms with Crippen LogP contribution in [-0.2, 0) is 22.7 Å². The molecular weight excluding hydrogens is 374 g/mol. The number of nitrogens with two attached hydrogens (primary N) is 1. The van der Waals surface area contributed by atoms with E-state index in [0.29, 0.717) is 25.0 Å². The highest BCUT2D eigenvalue weighted by Crippen LogP contribution is 2.38. The van der Waals surface area contributed by atoms with Crippen LogP contribution >= 0.6 is 0 Å². The third-order valence-corrected chi connectivity index (χ3v) is 4.90. The van der Waals surface area contributed by atoms with Crippen molar-refractivity contribution in [1.29, 1.82) is 0 Å². The predicted octanol–water partition coefficient (Wildman–Crippen LogP) is 4.59. The van der Waals surface area contributed by atoms with Gasteiger partial charge in [-0.2, -0.15) is 26.3 Å². The summed E-state index contributed by atoms with van der Waals surface area (Å²) in [7, 11) is 0. The Kier molecular flexibility index (Phi) is 5.85. The first-order chi connectivity index (χ1) is 12.2. The molecule has 1 aliphatic rings. The second-order valence-electron chi connectivity index (χ2n) is 7.46. The highest BCUT2D eigenvalue weighted by molar-refractivity contribution is 5.80. The summed E-state index contributed by atoms with van der Waals surface area (Å²) in [5, 5.41) is 2.58. The molecule has 1 aromatic rings. The molecule has 0 heterocycles. The van der Waals surface area contributed by atoms with Gasteiger partial charge in [0.05, 0.1) is 22.6 Å². The quantitative estimate of drug-likeness (QED) is 0.734. The van der Waals surface area contributed by atoms with Gasteiger partial charge < -0.3 is 11.1 Å². The van der Waals surface area contributed by atoms with Crippen molar-refractivity contribution in [2.24, 2.45) is 11.7 Å². The first kappa shape index (κ1) is 21.5. The van der Waals surface area contributed by atoms with E-state index in [1.807, 2.05) is 0 Å². The first-order valence-corrected chi connectivity index (χ1v) is 8.59. The largest absolute Gasteiger partial charge is 0.416 e. The molecular formula is C18H22F6N2O. The summed E-state index contributed by atoms with van der Waals surface area (Å²) in [4.78, 5) is 12.5. The first-order valence-electron chi connectivity index (χ1n) is 8.59. The van der Waals surface area contributed by atoms with E-state index in [4.69, 9.17) is 5.73 Å². The van der Waals surface area contributed by atoms with E-state index in [1.54, 1.807) is 0 Å². The minimum absolute atomic E-state index is 0.0679. The molecule has 0 aromatic heterocycles. The van der Waals surface area contributed by atoms with Crippen LogP contribution in [0.2, 0.25) is 0 Å². The molecule has 2 atom stereocenters. The fourth-order valence-corrected chi connectivity index (χ4v) is 3.27. The average molecular weight is 396 g/mol. The van der Waals surface area contributed by atoms with Crippen molar-refractivity contribution in [2.45, 2.75) is 63.5 Å². The summed E-state index contributed by atoms with van der Waals surface area (Å²) in [5.74, 6) is -0.968. The van der Waals surface area contributed by atoms with Gasteiger partial charge >= 0.3 is 12.4 Å². The number of nitrogens with one attached hydrogen (secondary N) is 1. The number of hydrogen-bond donors (Lipinski definition) is 2. The molecule has 0 bridgehead atoms. The Morgan fingerprint density at radius 3 is 1.81 bits per heavy atom. The lowest BCUT2D eigenvalue weighted by Crippen LogP contribution is -2.49. The summed E-state index contributed by atoms with van der Waals surface area (Å²) in [6.07, 6.45) is -7.01. The van der Waals surface area contributed by atoms with Gasteiger partial charge in [0.15, 0.2) is 0 Å². The molecule has 1 saturated carbocycles. The number of halogens is 6. The fraction of sp³-hybridized carbons (Fsp3) is 0.611. The van der Waals surface area contributed by atoms with Gasteiger partial charge in [0.2, 0.25) is 5.91 Å². The van der Waals surface area contributed by atoms with Crippen LogP contribution in [0.4, 0.5) is 26.3 Å². The monoisotopic (exact) mass is 396 g/mol. The van der Waals surface area contributed by atoms with Gasteiger partial charge in [0.25, 0.3) is 0 Å². The van der Waals surface area contributed by atoms with E-state index >= 15 is 0 Å². The van der Waals surface area contributed by atoms with Crippen LogP contribution in [0, 0.1) is 5.92 Å². The van der Waals surface area contributed by atoms with Crippen LogP contribution in [0.1, 0.15) is 56.2 Å². The van der Waals surface area contributed by atoms with Crippen LogP contribution in [0.25, 0.3) is 0 Å². The number of amides is 1. The smallest absolute Gasteiger partial charge is 0.347 e. The van der Waals surface area contributed by atoms with Gasteiger partial charge in [-0.25, -0.2) is 0 Å². The zero-order valence-corrected chi connectivity index (χ0v) is 15.0. The van der Waals surface area contributed by atoms with Crippen molar-refractivity contribution in [3.05, 3.63) is 34.9 Å². The van der Waals surface area contributed by atoms with E-state index in [1.165, 1.54) is 13.8 Å². The molecule has 1 fully saturated rings. The van der Waals surface area contributed by atoms with Gasteiger partial charge in [-0.1, -0.05) is 12.8 Å². The molecule has 2 rings (SSSR count). The predicted molar refractivity (Wildman–Crippen MR) is 87.5 cm³/mol. The minimum Gasteiger partial charge on any atom is -0.347 e.